The van der Waals surface area contributed by atoms with E-state index in [1.54, 1.807) is 0 Å². The van der Waals surface area contributed by atoms with Gasteiger partial charge in [-0.15, -0.1) is 10.2 Å². The summed E-state index contributed by atoms with van der Waals surface area (Å²) < 4.78 is 6.79. The lowest BCUT2D eigenvalue weighted by molar-refractivity contribution is 0.559. The predicted molar refractivity (Wildman–Crippen MR) is 107 cm³/mol. The summed E-state index contributed by atoms with van der Waals surface area (Å²) in [6.45, 7) is 3.99. The van der Waals surface area contributed by atoms with Crippen molar-refractivity contribution in [3.63, 3.8) is 0 Å². The summed E-state index contributed by atoms with van der Waals surface area (Å²) in [7, 11) is 0. The zero-order valence-electron chi connectivity index (χ0n) is 15.0. The SMILES string of the molecule is Cc1ccc(-c2nnc(SCc3cc(=O)oc4cc(C)ccc34)n2N)cc1. The molecule has 0 spiro atoms. The smallest absolute Gasteiger partial charge is 0.336 e. The Morgan fingerprint density at radius 2 is 1.78 bits per heavy atom. The molecule has 0 unspecified atom stereocenters. The van der Waals surface area contributed by atoms with E-state index in [2.05, 4.69) is 10.2 Å². The van der Waals surface area contributed by atoms with Crippen LogP contribution in [0.1, 0.15) is 16.7 Å². The van der Waals surface area contributed by atoms with Gasteiger partial charge < -0.3 is 10.3 Å². The Morgan fingerprint density at radius 1 is 1.04 bits per heavy atom. The Hall–Kier alpha value is -3.06. The molecular formula is C20H18N4O2S. The van der Waals surface area contributed by atoms with Crippen LogP contribution in [0.4, 0.5) is 0 Å². The quantitative estimate of drug-likeness (QED) is 0.331. The van der Waals surface area contributed by atoms with E-state index in [1.807, 2.05) is 56.3 Å². The average molecular weight is 378 g/mol. The van der Waals surface area contributed by atoms with Crippen LogP contribution < -0.4 is 11.5 Å². The molecule has 136 valence electrons. The van der Waals surface area contributed by atoms with Gasteiger partial charge in [-0.3, -0.25) is 0 Å². The zero-order valence-corrected chi connectivity index (χ0v) is 15.8. The molecule has 0 aliphatic heterocycles. The summed E-state index contributed by atoms with van der Waals surface area (Å²) in [6.07, 6.45) is 0. The molecule has 2 N–H and O–H groups in total. The van der Waals surface area contributed by atoms with Crippen LogP contribution in [0.25, 0.3) is 22.4 Å². The van der Waals surface area contributed by atoms with E-state index in [0.29, 0.717) is 22.3 Å². The van der Waals surface area contributed by atoms with Gasteiger partial charge in [0.1, 0.15) is 5.58 Å². The number of nitrogen functional groups attached to an aromatic ring is 1. The lowest BCUT2D eigenvalue weighted by Gasteiger charge is -2.06. The topological polar surface area (TPSA) is 86.9 Å². The maximum absolute atomic E-state index is 11.9. The van der Waals surface area contributed by atoms with Gasteiger partial charge in [0.25, 0.3) is 0 Å². The molecule has 2 heterocycles. The highest BCUT2D eigenvalue weighted by atomic mass is 32.2. The largest absolute Gasteiger partial charge is 0.423 e. The second kappa shape index (κ2) is 6.92. The van der Waals surface area contributed by atoms with Crippen molar-refractivity contribution in [2.75, 3.05) is 5.84 Å². The summed E-state index contributed by atoms with van der Waals surface area (Å²) in [4.78, 5) is 11.9. The molecule has 0 radical (unpaired) electrons. The van der Waals surface area contributed by atoms with Crippen LogP contribution in [-0.4, -0.2) is 14.9 Å². The lowest BCUT2D eigenvalue weighted by atomic mass is 10.1. The van der Waals surface area contributed by atoms with Gasteiger partial charge in [-0.1, -0.05) is 53.7 Å². The summed E-state index contributed by atoms with van der Waals surface area (Å²) in [6, 6.07) is 15.3. The Balaban J connectivity index is 1.62. The Kier molecular flexibility index (Phi) is 4.45. The Bertz CT molecular complexity index is 1180. The van der Waals surface area contributed by atoms with Crippen LogP contribution >= 0.6 is 11.8 Å². The molecule has 27 heavy (non-hydrogen) atoms. The van der Waals surface area contributed by atoms with E-state index < -0.39 is 0 Å². The van der Waals surface area contributed by atoms with Gasteiger partial charge in [-0.05, 0) is 31.0 Å². The fourth-order valence-corrected chi connectivity index (χ4v) is 3.72. The van der Waals surface area contributed by atoms with E-state index in [0.717, 1.165) is 22.1 Å². The van der Waals surface area contributed by atoms with Crippen molar-refractivity contribution in [2.45, 2.75) is 24.8 Å². The predicted octanol–water partition coefficient (Wildman–Crippen LogP) is 3.67. The van der Waals surface area contributed by atoms with Crippen molar-refractivity contribution in [3.8, 4) is 11.4 Å². The standard InChI is InChI=1S/C20H18N4O2S/c1-12-3-6-14(7-4-12)19-22-23-20(24(19)21)27-11-15-10-18(25)26-17-9-13(2)5-8-16(15)17/h3-10H,11,21H2,1-2H3. The third-order valence-corrected chi connectivity index (χ3v) is 5.31. The molecule has 0 saturated heterocycles. The molecule has 7 heteroatoms. The van der Waals surface area contributed by atoms with E-state index in [-0.39, 0.29) is 5.63 Å². The third-order valence-electron chi connectivity index (χ3n) is 4.32. The number of hydrogen-bond acceptors (Lipinski definition) is 6. The van der Waals surface area contributed by atoms with Crippen LogP contribution in [0, 0.1) is 13.8 Å². The maximum atomic E-state index is 11.9. The fraction of sp³-hybridized carbons (Fsp3) is 0.150. The van der Waals surface area contributed by atoms with Gasteiger partial charge in [0.2, 0.25) is 5.16 Å². The molecule has 0 amide bonds. The number of benzene rings is 2. The van der Waals surface area contributed by atoms with E-state index in [1.165, 1.54) is 28.1 Å². The first-order chi connectivity index (χ1) is 13.0. The van der Waals surface area contributed by atoms with Gasteiger partial charge in [-0.2, -0.15) is 0 Å². The number of fused-ring (bicyclic) bond motifs is 1. The number of thioether (sulfide) groups is 1. The maximum Gasteiger partial charge on any atom is 0.336 e. The van der Waals surface area contributed by atoms with E-state index >= 15 is 0 Å². The zero-order chi connectivity index (χ0) is 19.0. The van der Waals surface area contributed by atoms with Crippen molar-refractivity contribution >= 4 is 22.7 Å². The minimum atomic E-state index is -0.363. The summed E-state index contributed by atoms with van der Waals surface area (Å²) in [5.41, 5.74) is 4.22. The van der Waals surface area contributed by atoms with Crippen molar-refractivity contribution in [3.05, 3.63) is 75.6 Å². The number of aryl methyl sites for hydroxylation is 2. The molecule has 0 saturated carbocycles. The highest BCUT2D eigenvalue weighted by Crippen LogP contribution is 2.27. The number of aromatic nitrogens is 3. The van der Waals surface area contributed by atoms with Gasteiger partial charge in [0.05, 0.1) is 0 Å². The molecule has 2 aromatic heterocycles. The van der Waals surface area contributed by atoms with Crippen LogP contribution in [-0.2, 0) is 5.75 Å². The summed E-state index contributed by atoms with van der Waals surface area (Å²) >= 11 is 1.43. The fourth-order valence-electron chi connectivity index (χ4n) is 2.87. The minimum absolute atomic E-state index is 0.363. The molecule has 4 aromatic rings. The molecule has 0 aliphatic carbocycles. The molecule has 4 rings (SSSR count). The van der Waals surface area contributed by atoms with Crippen molar-refractivity contribution in [2.24, 2.45) is 0 Å². The Morgan fingerprint density at radius 3 is 2.56 bits per heavy atom. The normalized spacial score (nSPS) is 11.2. The van der Waals surface area contributed by atoms with Gasteiger partial charge in [-0.25, -0.2) is 9.47 Å². The average Bonchev–Trinajstić information content (AvgIpc) is 3.00. The summed E-state index contributed by atoms with van der Waals surface area (Å²) in [5.74, 6) is 7.33. The lowest BCUT2D eigenvalue weighted by Crippen LogP contribution is -2.11. The highest BCUT2D eigenvalue weighted by molar-refractivity contribution is 7.98. The van der Waals surface area contributed by atoms with Gasteiger partial charge in [0, 0.05) is 22.8 Å². The van der Waals surface area contributed by atoms with Gasteiger partial charge in [0.15, 0.2) is 5.82 Å². The third kappa shape index (κ3) is 3.46. The molecular weight excluding hydrogens is 360 g/mol. The highest BCUT2D eigenvalue weighted by Gasteiger charge is 2.14. The van der Waals surface area contributed by atoms with Crippen LogP contribution in [0.3, 0.4) is 0 Å². The molecule has 0 aliphatic rings. The second-order valence-corrected chi connectivity index (χ2v) is 7.36. The number of hydrogen-bond donors (Lipinski definition) is 1. The van der Waals surface area contributed by atoms with Crippen LogP contribution in [0.2, 0.25) is 0 Å². The van der Waals surface area contributed by atoms with Crippen LogP contribution in [0.15, 0.2) is 62.9 Å². The van der Waals surface area contributed by atoms with Crippen LogP contribution in [0.5, 0.6) is 0 Å². The molecule has 0 fully saturated rings. The number of nitrogens with two attached hydrogens (primary N) is 1. The first-order valence-electron chi connectivity index (χ1n) is 8.45. The monoisotopic (exact) mass is 378 g/mol. The van der Waals surface area contributed by atoms with Crippen molar-refractivity contribution in [1.82, 2.24) is 14.9 Å². The van der Waals surface area contributed by atoms with Gasteiger partial charge >= 0.3 is 5.63 Å². The molecule has 2 aromatic carbocycles. The van der Waals surface area contributed by atoms with Crippen molar-refractivity contribution < 1.29 is 4.42 Å². The summed E-state index contributed by atoms with van der Waals surface area (Å²) in [5, 5.41) is 9.90. The van der Waals surface area contributed by atoms with E-state index in [9.17, 15) is 4.79 Å². The Labute approximate surface area is 160 Å². The molecule has 6 nitrogen and oxygen atoms in total. The van der Waals surface area contributed by atoms with Crippen molar-refractivity contribution in [1.29, 1.82) is 0 Å². The second-order valence-electron chi connectivity index (χ2n) is 6.42. The minimum Gasteiger partial charge on any atom is -0.423 e. The first-order valence-corrected chi connectivity index (χ1v) is 9.43. The first kappa shape index (κ1) is 17.4. The van der Waals surface area contributed by atoms with E-state index in [4.69, 9.17) is 10.3 Å². The number of nitrogens with zero attached hydrogens (tertiary/aromatic N) is 3. The molecule has 0 atom stereocenters. The molecule has 0 bridgehead atoms. The number of rotatable bonds is 4.